The normalized spacial score (nSPS) is 22.3. The summed E-state index contributed by atoms with van der Waals surface area (Å²) in [6, 6.07) is 0. The van der Waals surface area contributed by atoms with Crippen LogP contribution < -0.4 is 10.2 Å². The maximum atomic E-state index is 4.44. The molecule has 0 aromatic carbocycles. The first-order valence-corrected chi connectivity index (χ1v) is 9.70. The fourth-order valence-electron chi connectivity index (χ4n) is 3.93. The Morgan fingerprint density at radius 2 is 2.12 bits per heavy atom. The van der Waals surface area contributed by atoms with Gasteiger partial charge in [-0.05, 0) is 38.3 Å². The van der Waals surface area contributed by atoms with Crippen molar-refractivity contribution in [2.45, 2.75) is 32.4 Å². The van der Waals surface area contributed by atoms with Gasteiger partial charge in [-0.25, -0.2) is 4.98 Å². The van der Waals surface area contributed by atoms with Crippen LogP contribution in [0.4, 0.5) is 5.82 Å². The minimum Gasteiger partial charge on any atom is -0.355 e. The van der Waals surface area contributed by atoms with Crippen molar-refractivity contribution in [2.75, 3.05) is 44.2 Å². The van der Waals surface area contributed by atoms with E-state index < -0.39 is 0 Å². The third kappa shape index (κ3) is 4.56. The highest BCUT2D eigenvalue weighted by Gasteiger charge is 2.22. The van der Waals surface area contributed by atoms with E-state index in [9.17, 15) is 0 Å². The number of nitrogens with zero attached hydrogens (tertiary/aromatic N) is 7. The maximum Gasteiger partial charge on any atom is 0.147 e. The van der Waals surface area contributed by atoms with E-state index >= 15 is 0 Å². The zero-order chi connectivity index (χ0) is 17.6. The fourth-order valence-corrected chi connectivity index (χ4v) is 3.93. The van der Waals surface area contributed by atoms with Gasteiger partial charge in [0, 0.05) is 57.9 Å². The number of aromatic nitrogens is 5. The van der Waals surface area contributed by atoms with Gasteiger partial charge in [0.15, 0.2) is 0 Å². The molecule has 1 atom stereocenters. The Kier molecular flexibility index (Phi) is 5.71. The third-order valence-corrected chi connectivity index (χ3v) is 5.24. The second-order valence-corrected chi connectivity index (χ2v) is 7.33. The lowest BCUT2D eigenvalue weighted by molar-refractivity contribution is 0.281. The lowest BCUT2D eigenvalue weighted by Gasteiger charge is -2.33. The van der Waals surface area contributed by atoms with E-state index in [0.717, 1.165) is 63.9 Å². The molecular formula is C18H28N8. The predicted molar refractivity (Wildman–Crippen MR) is 99.8 cm³/mol. The highest BCUT2D eigenvalue weighted by Crippen LogP contribution is 2.22. The number of nitrogens with one attached hydrogen (secondary N) is 1. The van der Waals surface area contributed by atoms with Crippen molar-refractivity contribution < 1.29 is 0 Å². The summed E-state index contributed by atoms with van der Waals surface area (Å²) < 4.78 is 2.02. The van der Waals surface area contributed by atoms with Crippen LogP contribution in [0.1, 0.15) is 25.0 Å². The Morgan fingerprint density at radius 3 is 3.04 bits per heavy atom. The van der Waals surface area contributed by atoms with Crippen molar-refractivity contribution >= 4 is 5.82 Å². The maximum absolute atomic E-state index is 4.44. The minimum absolute atomic E-state index is 0.572. The Bertz CT molecular complexity index is 665. The molecule has 2 saturated heterocycles. The van der Waals surface area contributed by atoms with Crippen LogP contribution in [-0.4, -0.2) is 69.1 Å². The summed E-state index contributed by atoms with van der Waals surface area (Å²) in [4.78, 5) is 13.4. The summed E-state index contributed by atoms with van der Waals surface area (Å²) in [5.74, 6) is 1.55. The molecule has 2 aromatic rings. The second-order valence-electron chi connectivity index (χ2n) is 7.33. The highest BCUT2D eigenvalue weighted by molar-refractivity contribution is 5.35. The molecule has 0 spiro atoms. The highest BCUT2D eigenvalue weighted by atomic mass is 15.4. The number of rotatable bonds is 5. The number of hydrogen-bond donors (Lipinski definition) is 1. The van der Waals surface area contributed by atoms with Crippen molar-refractivity contribution in [3.8, 4) is 0 Å². The van der Waals surface area contributed by atoms with Gasteiger partial charge in [-0.15, -0.1) is 5.10 Å². The van der Waals surface area contributed by atoms with Crippen LogP contribution in [-0.2, 0) is 13.1 Å². The molecule has 4 heterocycles. The van der Waals surface area contributed by atoms with E-state index in [1.165, 1.54) is 19.3 Å². The molecule has 8 nitrogen and oxygen atoms in total. The van der Waals surface area contributed by atoms with Gasteiger partial charge in [0.05, 0.1) is 11.9 Å². The molecule has 0 bridgehead atoms. The van der Waals surface area contributed by atoms with Crippen molar-refractivity contribution in [1.82, 2.24) is 35.2 Å². The van der Waals surface area contributed by atoms with Crippen molar-refractivity contribution in [3.63, 3.8) is 0 Å². The molecule has 0 aliphatic carbocycles. The molecule has 2 fully saturated rings. The molecule has 26 heavy (non-hydrogen) atoms. The Balaban J connectivity index is 1.32. The molecular weight excluding hydrogens is 328 g/mol. The summed E-state index contributed by atoms with van der Waals surface area (Å²) in [7, 11) is 0. The zero-order valence-electron chi connectivity index (χ0n) is 15.3. The van der Waals surface area contributed by atoms with Gasteiger partial charge in [-0.2, -0.15) is 0 Å². The van der Waals surface area contributed by atoms with E-state index in [-0.39, 0.29) is 0 Å². The first-order chi connectivity index (χ1) is 12.9. The van der Waals surface area contributed by atoms with Crippen LogP contribution in [0.2, 0.25) is 0 Å². The van der Waals surface area contributed by atoms with E-state index in [2.05, 4.69) is 41.6 Å². The third-order valence-electron chi connectivity index (χ3n) is 5.24. The fraction of sp³-hybridized carbons (Fsp3) is 0.667. The SMILES string of the molecule is c1cnc(N2CCCC(Cn3cc(CN4CCCNCC4)nn3)C2)cn1. The van der Waals surface area contributed by atoms with Gasteiger partial charge in [-0.3, -0.25) is 14.6 Å². The summed E-state index contributed by atoms with van der Waals surface area (Å²) in [6.07, 6.45) is 11.1. The van der Waals surface area contributed by atoms with Crippen molar-refractivity contribution in [1.29, 1.82) is 0 Å². The van der Waals surface area contributed by atoms with E-state index in [4.69, 9.17) is 0 Å². The Labute approximate surface area is 154 Å². The lowest BCUT2D eigenvalue weighted by atomic mass is 9.98. The van der Waals surface area contributed by atoms with Gasteiger partial charge >= 0.3 is 0 Å². The molecule has 0 radical (unpaired) electrons. The smallest absolute Gasteiger partial charge is 0.147 e. The molecule has 8 heteroatoms. The van der Waals surface area contributed by atoms with Gasteiger partial charge in [0.25, 0.3) is 0 Å². The molecule has 1 N–H and O–H groups in total. The molecule has 4 rings (SSSR count). The quantitative estimate of drug-likeness (QED) is 0.848. The Hall–Kier alpha value is -2.06. The zero-order valence-corrected chi connectivity index (χ0v) is 15.3. The van der Waals surface area contributed by atoms with Crippen molar-refractivity contribution in [3.05, 3.63) is 30.5 Å². The minimum atomic E-state index is 0.572. The largest absolute Gasteiger partial charge is 0.355 e. The molecule has 140 valence electrons. The Morgan fingerprint density at radius 1 is 1.12 bits per heavy atom. The summed E-state index contributed by atoms with van der Waals surface area (Å²) >= 11 is 0. The first-order valence-electron chi connectivity index (χ1n) is 9.70. The topological polar surface area (TPSA) is 75.0 Å². The van der Waals surface area contributed by atoms with Gasteiger partial charge < -0.3 is 10.2 Å². The number of hydrogen-bond acceptors (Lipinski definition) is 7. The average Bonchev–Trinajstić information content (AvgIpc) is 2.95. The lowest BCUT2D eigenvalue weighted by Crippen LogP contribution is -2.37. The van der Waals surface area contributed by atoms with Gasteiger partial charge in [0.1, 0.15) is 5.82 Å². The summed E-state index contributed by atoms with van der Waals surface area (Å²) in [5.41, 5.74) is 1.08. The first kappa shape index (κ1) is 17.4. The van der Waals surface area contributed by atoms with E-state index in [0.29, 0.717) is 5.92 Å². The van der Waals surface area contributed by atoms with E-state index in [1.54, 1.807) is 12.4 Å². The number of piperidine rings is 1. The molecule has 1 unspecified atom stereocenters. The molecule has 0 saturated carbocycles. The van der Waals surface area contributed by atoms with E-state index in [1.807, 2.05) is 10.9 Å². The monoisotopic (exact) mass is 356 g/mol. The molecule has 2 aliphatic heterocycles. The van der Waals surface area contributed by atoms with Crippen molar-refractivity contribution in [2.24, 2.45) is 5.92 Å². The number of anilines is 1. The van der Waals surface area contributed by atoms with Crippen LogP contribution in [0, 0.1) is 5.92 Å². The van der Waals surface area contributed by atoms with Crippen LogP contribution in [0.25, 0.3) is 0 Å². The molecule has 2 aromatic heterocycles. The summed E-state index contributed by atoms with van der Waals surface area (Å²) in [6.45, 7) is 8.29. The molecule has 0 amide bonds. The van der Waals surface area contributed by atoms with Crippen LogP contribution >= 0.6 is 0 Å². The van der Waals surface area contributed by atoms with Crippen LogP contribution in [0.5, 0.6) is 0 Å². The van der Waals surface area contributed by atoms with Crippen LogP contribution in [0.15, 0.2) is 24.8 Å². The predicted octanol–water partition coefficient (Wildman–Crippen LogP) is 0.780. The van der Waals surface area contributed by atoms with Gasteiger partial charge in [-0.1, -0.05) is 5.21 Å². The standard InChI is InChI=1S/C18H28N8/c1-3-16(12-25(9-1)18-11-20-5-6-21-18)13-26-15-17(22-23-26)14-24-8-2-4-19-7-10-24/h5-6,11,15-16,19H,1-4,7-10,12-14H2. The second kappa shape index (κ2) is 8.55. The summed E-state index contributed by atoms with van der Waals surface area (Å²) in [5, 5.41) is 12.2. The van der Waals surface area contributed by atoms with Crippen LogP contribution in [0.3, 0.4) is 0 Å². The molecule has 2 aliphatic rings. The van der Waals surface area contributed by atoms with Gasteiger partial charge in [0.2, 0.25) is 0 Å². The average molecular weight is 356 g/mol.